The third-order valence-corrected chi connectivity index (χ3v) is 2.86. The van der Waals surface area contributed by atoms with Crippen molar-refractivity contribution < 1.29 is 4.79 Å². The first-order valence-corrected chi connectivity index (χ1v) is 4.76. The monoisotopic (exact) mass is 168 g/mol. The van der Waals surface area contributed by atoms with Crippen LogP contribution in [0.4, 0.5) is 0 Å². The molecule has 0 bridgehead atoms. The van der Waals surface area contributed by atoms with Crippen molar-refractivity contribution in [3.8, 4) is 0 Å². The fourth-order valence-corrected chi connectivity index (χ4v) is 1.77. The summed E-state index contributed by atoms with van der Waals surface area (Å²) < 4.78 is 0. The van der Waals surface area contributed by atoms with Gasteiger partial charge in [0.05, 0.1) is 0 Å². The van der Waals surface area contributed by atoms with Gasteiger partial charge in [0, 0.05) is 25.6 Å². The lowest BCUT2D eigenvalue weighted by atomic mass is 10.2. The molecule has 1 N–H and O–H groups in total. The van der Waals surface area contributed by atoms with Crippen LogP contribution in [-0.4, -0.2) is 37.0 Å². The lowest BCUT2D eigenvalue weighted by Crippen LogP contribution is -2.39. The molecule has 1 aliphatic heterocycles. The summed E-state index contributed by atoms with van der Waals surface area (Å²) in [6.07, 6.45) is 3.35. The maximum atomic E-state index is 11.6. The highest BCUT2D eigenvalue weighted by molar-refractivity contribution is 5.81. The smallest absolute Gasteiger partial charge is 0.225 e. The van der Waals surface area contributed by atoms with E-state index in [9.17, 15) is 4.79 Å². The molecule has 0 aromatic rings. The second kappa shape index (κ2) is 3.05. The van der Waals surface area contributed by atoms with Crippen molar-refractivity contribution in [3.05, 3.63) is 0 Å². The summed E-state index contributed by atoms with van der Waals surface area (Å²) in [6.45, 7) is 2.04. The van der Waals surface area contributed by atoms with Crippen LogP contribution in [-0.2, 0) is 4.79 Å². The molecular weight excluding hydrogens is 152 g/mol. The van der Waals surface area contributed by atoms with Crippen LogP contribution in [0.25, 0.3) is 0 Å². The van der Waals surface area contributed by atoms with E-state index >= 15 is 0 Å². The molecule has 0 spiro atoms. The second-order valence-corrected chi connectivity index (χ2v) is 3.87. The molecule has 0 aromatic carbocycles. The van der Waals surface area contributed by atoms with Crippen LogP contribution in [0.2, 0.25) is 0 Å². The van der Waals surface area contributed by atoms with E-state index < -0.39 is 0 Å². The van der Waals surface area contributed by atoms with Crippen LogP contribution in [0.3, 0.4) is 0 Å². The molecule has 3 heteroatoms. The number of nitrogens with one attached hydrogen (secondary N) is 1. The first-order valence-electron chi connectivity index (χ1n) is 4.76. The Morgan fingerprint density at radius 1 is 1.42 bits per heavy atom. The van der Waals surface area contributed by atoms with Crippen LogP contribution in [0, 0.1) is 5.92 Å². The molecule has 1 aliphatic carbocycles. The third-order valence-electron chi connectivity index (χ3n) is 2.86. The molecule has 1 amide bonds. The Labute approximate surface area is 73.1 Å². The molecular formula is C9H16N2O. The molecule has 12 heavy (non-hydrogen) atoms. The Morgan fingerprint density at radius 2 is 2.17 bits per heavy atom. The van der Waals surface area contributed by atoms with Crippen molar-refractivity contribution in [2.24, 2.45) is 5.92 Å². The Bertz CT molecular complexity index is 183. The fourth-order valence-electron chi connectivity index (χ4n) is 1.77. The Balaban J connectivity index is 1.88. The molecule has 3 nitrogen and oxygen atoms in total. The van der Waals surface area contributed by atoms with Gasteiger partial charge in [0.25, 0.3) is 0 Å². The average Bonchev–Trinajstić information content (AvgIpc) is 2.79. The maximum absolute atomic E-state index is 11.6. The maximum Gasteiger partial charge on any atom is 0.225 e. The highest BCUT2D eigenvalue weighted by Gasteiger charge is 2.35. The number of rotatable bonds is 2. The largest absolute Gasteiger partial charge is 0.341 e. The van der Waals surface area contributed by atoms with E-state index in [4.69, 9.17) is 0 Å². The van der Waals surface area contributed by atoms with Gasteiger partial charge in [-0.2, -0.15) is 0 Å². The first-order chi connectivity index (χ1) is 5.79. The van der Waals surface area contributed by atoms with Gasteiger partial charge in [-0.3, -0.25) is 4.79 Å². The summed E-state index contributed by atoms with van der Waals surface area (Å²) in [5, 5.41) is 3.27. The van der Waals surface area contributed by atoms with Gasteiger partial charge in [-0.1, -0.05) is 0 Å². The molecule has 0 aromatic heterocycles. The second-order valence-electron chi connectivity index (χ2n) is 3.87. The lowest BCUT2D eigenvalue weighted by Gasteiger charge is -2.23. The van der Waals surface area contributed by atoms with E-state index in [2.05, 4.69) is 5.32 Å². The zero-order valence-electron chi connectivity index (χ0n) is 7.55. The first kappa shape index (κ1) is 8.05. The van der Waals surface area contributed by atoms with Gasteiger partial charge >= 0.3 is 0 Å². The van der Waals surface area contributed by atoms with Crippen molar-refractivity contribution in [3.63, 3.8) is 0 Å². The molecule has 1 atom stereocenters. The minimum Gasteiger partial charge on any atom is -0.341 e. The topological polar surface area (TPSA) is 32.3 Å². The fraction of sp³-hybridized carbons (Fsp3) is 0.889. The Morgan fingerprint density at radius 3 is 2.67 bits per heavy atom. The molecule has 2 aliphatic rings. The predicted molar refractivity (Wildman–Crippen MR) is 46.8 cm³/mol. The standard InChI is InChI=1S/C9H16N2O/c1-11(8-4-5-10-6-8)9(12)7-2-3-7/h7-8,10H,2-6H2,1H3/t8-/m0/s1. The van der Waals surface area contributed by atoms with Gasteiger partial charge in [-0.05, 0) is 25.8 Å². The van der Waals surface area contributed by atoms with Crippen molar-refractivity contribution in [2.75, 3.05) is 20.1 Å². The van der Waals surface area contributed by atoms with Crippen LogP contribution in [0.1, 0.15) is 19.3 Å². The van der Waals surface area contributed by atoms with E-state index in [1.54, 1.807) is 0 Å². The number of nitrogens with zero attached hydrogens (tertiary/aromatic N) is 1. The average molecular weight is 168 g/mol. The Hall–Kier alpha value is -0.570. The number of hydrogen-bond donors (Lipinski definition) is 1. The van der Waals surface area contributed by atoms with Gasteiger partial charge in [-0.15, -0.1) is 0 Å². The van der Waals surface area contributed by atoms with Crippen molar-refractivity contribution >= 4 is 5.91 Å². The number of carbonyl (C=O) groups excluding carboxylic acids is 1. The summed E-state index contributed by atoms with van der Waals surface area (Å²) in [5.41, 5.74) is 0. The van der Waals surface area contributed by atoms with Gasteiger partial charge in [-0.25, -0.2) is 0 Å². The lowest BCUT2D eigenvalue weighted by molar-refractivity contribution is -0.132. The van der Waals surface area contributed by atoms with E-state index in [1.165, 1.54) is 0 Å². The summed E-state index contributed by atoms with van der Waals surface area (Å²) in [5.74, 6) is 0.735. The van der Waals surface area contributed by atoms with Crippen molar-refractivity contribution in [2.45, 2.75) is 25.3 Å². The van der Waals surface area contributed by atoms with Crippen LogP contribution in [0.15, 0.2) is 0 Å². The number of likely N-dealkylation sites (N-methyl/N-ethyl adjacent to an activating group) is 1. The SMILES string of the molecule is CN(C(=O)C1CC1)[C@H]1CCNC1. The molecule has 2 rings (SSSR count). The highest BCUT2D eigenvalue weighted by atomic mass is 16.2. The molecule has 68 valence electrons. The molecule has 1 heterocycles. The summed E-state index contributed by atoms with van der Waals surface area (Å²) in [7, 11) is 1.94. The minimum absolute atomic E-state index is 0.365. The van der Waals surface area contributed by atoms with Crippen LogP contribution >= 0.6 is 0 Å². The van der Waals surface area contributed by atoms with E-state index in [0.717, 1.165) is 32.4 Å². The number of carbonyl (C=O) groups is 1. The molecule has 1 saturated carbocycles. The van der Waals surface area contributed by atoms with Crippen molar-refractivity contribution in [1.82, 2.24) is 10.2 Å². The molecule has 0 radical (unpaired) electrons. The number of amides is 1. The van der Waals surface area contributed by atoms with Crippen LogP contribution in [0.5, 0.6) is 0 Å². The summed E-state index contributed by atoms with van der Waals surface area (Å²) in [6, 6.07) is 0.457. The number of hydrogen-bond acceptors (Lipinski definition) is 2. The van der Waals surface area contributed by atoms with Crippen molar-refractivity contribution in [1.29, 1.82) is 0 Å². The summed E-state index contributed by atoms with van der Waals surface area (Å²) >= 11 is 0. The van der Waals surface area contributed by atoms with E-state index in [-0.39, 0.29) is 0 Å². The highest BCUT2D eigenvalue weighted by Crippen LogP contribution is 2.31. The quantitative estimate of drug-likeness (QED) is 0.639. The molecule has 1 saturated heterocycles. The van der Waals surface area contributed by atoms with Crippen LogP contribution < -0.4 is 5.32 Å². The van der Waals surface area contributed by atoms with E-state index in [1.807, 2.05) is 11.9 Å². The summed E-state index contributed by atoms with van der Waals surface area (Å²) in [4.78, 5) is 13.5. The van der Waals surface area contributed by atoms with Gasteiger partial charge in [0.2, 0.25) is 5.91 Å². The van der Waals surface area contributed by atoms with Gasteiger partial charge in [0.1, 0.15) is 0 Å². The normalized spacial score (nSPS) is 28.9. The third kappa shape index (κ3) is 1.46. The zero-order chi connectivity index (χ0) is 8.55. The molecule has 2 fully saturated rings. The van der Waals surface area contributed by atoms with Gasteiger partial charge < -0.3 is 10.2 Å². The molecule has 0 unspecified atom stereocenters. The van der Waals surface area contributed by atoms with E-state index in [0.29, 0.717) is 17.9 Å². The predicted octanol–water partition coefficient (Wildman–Crippen LogP) is 0.217. The zero-order valence-corrected chi connectivity index (χ0v) is 7.55. The van der Waals surface area contributed by atoms with Gasteiger partial charge in [0.15, 0.2) is 0 Å². The Kier molecular flexibility index (Phi) is 2.05. The minimum atomic E-state index is 0.365.